The molecule has 0 saturated carbocycles. The van der Waals surface area contributed by atoms with Gasteiger partial charge in [-0.2, -0.15) is 0 Å². The highest BCUT2D eigenvalue weighted by atomic mass is 16.5. The Kier molecular flexibility index (Phi) is 9.40. The summed E-state index contributed by atoms with van der Waals surface area (Å²) in [5.74, 6) is 0.685. The fraction of sp³-hybridized carbons (Fsp3) is 0.258. The number of benzene rings is 3. The highest BCUT2D eigenvalue weighted by molar-refractivity contribution is 5.83. The minimum atomic E-state index is -0.417. The summed E-state index contributed by atoms with van der Waals surface area (Å²) in [6.45, 7) is 3.25. The molecule has 9 nitrogen and oxygen atoms in total. The Morgan fingerprint density at radius 1 is 0.900 bits per heavy atom. The van der Waals surface area contributed by atoms with E-state index in [1.54, 1.807) is 36.3 Å². The van der Waals surface area contributed by atoms with E-state index in [9.17, 15) is 14.4 Å². The summed E-state index contributed by atoms with van der Waals surface area (Å²) in [4.78, 5) is 41.8. The molecule has 0 aliphatic carbocycles. The van der Waals surface area contributed by atoms with Crippen LogP contribution in [0.3, 0.4) is 0 Å². The van der Waals surface area contributed by atoms with Crippen molar-refractivity contribution in [1.82, 2.24) is 15.2 Å². The minimum absolute atomic E-state index is 0.117. The Bertz CT molecular complexity index is 1460. The van der Waals surface area contributed by atoms with Gasteiger partial charge in [-0.05, 0) is 48.4 Å². The first kappa shape index (κ1) is 28.2. The Morgan fingerprint density at radius 3 is 2.33 bits per heavy atom. The van der Waals surface area contributed by atoms with Gasteiger partial charge in [-0.25, -0.2) is 0 Å². The number of hydrogen-bond donors (Lipinski definition) is 2. The second-order valence-electron chi connectivity index (χ2n) is 9.39. The lowest BCUT2D eigenvalue weighted by Gasteiger charge is -2.28. The molecule has 4 rings (SSSR count). The number of nitrogens with one attached hydrogen (secondary N) is 2. The normalized spacial score (nSPS) is 11.5. The van der Waals surface area contributed by atoms with Crippen LogP contribution in [0.1, 0.15) is 25.0 Å². The number of carbonyl (C=O) groups excluding carboxylic acids is 3. The molecular weight excluding hydrogens is 510 g/mol. The highest BCUT2D eigenvalue weighted by Gasteiger charge is 2.22. The van der Waals surface area contributed by atoms with Crippen LogP contribution in [0.25, 0.3) is 10.9 Å². The molecule has 1 atom stereocenters. The van der Waals surface area contributed by atoms with Gasteiger partial charge in [0, 0.05) is 49.6 Å². The molecule has 9 heteroatoms. The summed E-state index contributed by atoms with van der Waals surface area (Å²) in [7, 11) is 1.60. The van der Waals surface area contributed by atoms with Crippen LogP contribution < -0.4 is 19.5 Å². The largest absolute Gasteiger partial charge is 0.496 e. The van der Waals surface area contributed by atoms with Crippen molar-refractivity contribution < 1.29 is 28.6 Å². The summed E-state index contributed by atoms with van der Waals surface area (Å²) >= 11 is 0. The molecule has 0 bridgehead atoms. The van der Waals surface area contributed by atoms with Crippen molar-refractivity contribution in [2.24, 2.45) is 0 Å². The number of aromatic amines is 1. The monoisotopic (exact) mass is 543 g/mol. The predicted octanol–water partition coefficient (Wildman–Crippen LogP) is 4.26. The van der Waals surface area contributed by atoms with Crippen LogP contribution in [0, 0.1) is 0 Å². The molecule has 0 radical (unpaired) electrons. The Hall–Kier alpha value is -4.79. The van der Waals surface area contributed by atoms with Gasteiger partial charge in [-0.1, -0.05) is 36.4 Å². The first-order chi connectivity index (χ1) is 19.3. The number of H-pyrrole nitrogens is 1. The zero-order valence-electron chi connectivity index (χ0n) is 22.8. The van der Waals surface area contributed by atoms with Crippen LogP contribution in [-0.2, 0) is 27.3 Å². The molecule has 0 spiro atoms. The number of nitrogens with zero attached hydrogens (tertiary/aromatic N) is 1. The van der Waals surface area contributed by atoms with Gasteiger partial charge in [-0.15, -0.1) is 0 Å². The van der Waals surface area contributed by atoms with Crippen LogP contribution >= 0.6 is 0 Å². The number of rotatable bonds is 12. The SMILES string of the molecule is COc1ccccc1CN(CC(Cc1c[nH]c2ccccc12)NC(=O)COc1ccc(OC(C)=O)cc1)C(C)=O. The first-order valence-corrected chi connectivity index (χ1v) is 13.0. The lowest BCUT2D eigenvalue weighted by Crippen LogP contribution is -2.47. The fourth-order valence-corrected chi connectivity index (χ4v) is 4.52. The number of aromatic nitrogens is 1. The Morgan fingerprint density at radius 2 is 1.60 bits per heavy atom. The fourth-order valence-electron chi connectivity index (χ4n) is 4.52. The zero-order chi connectivity index (χ0) is 28.5. The maximum absolute atomic E-state index is 13.0. The van der Waals surface area contributed by atoms with Crippen molar-refractivity contribution in [2.45, 2.75) is 32.9 Å². The smallest absolute Gasteiger partial charge is 0.308 e. The van der Waals surface area contributed by atoms with Crippen molar-refractivity contribution in [3.05, 3.63) is 90.1 Å². The number of methoxy groups -OCH3 is 1. The van der Waals surface area contributed by atoms with Crippen molar-refractivity contribution in [3.63, 3.8) is 0 Å². The van der Waals surface area contributed by atoms with E-state index in [0.717, 1.165) is 22.0 Å². The van der Waals surface area contributed by atoms with Gasteiger partial charge in [0.05, 0.1) is 13.2 Å². The van der Waals surface area contributed by atoms with E-state index in [1.807, 2.05) is 54.7 Å². The zero-order valence-corrected chi connectivity index (χ0v) is 22.8. The maximum atomic E-state index is 13.0. The molecule has 2 amide bonds. The molecule has 40 heavy (non-hydrogen) atoms. The van der Waals surface area contributed by atoms with Crippen LogP contribution in [0.2, 0.25) is 0 Å². The van der Waals surface area contributed by atoms with E-state index >= 15 is 0 Å². The molecular formula is C31H33N3O6. The third kappa shape index (κ3) is 7.63. The molecule has 0 aliphatic heterocycles. The Labute approximate surface area is 233 Å². The number of fused-ring (bicyclic) bond motifs is 1. The van der Waals surface area contributed by atoms with Gasteiger partial charge in [-0.3, -0.25) is 14.4 Å². The first-order valence-electron chi connectivity index (χ1n) is 13.0. The van der Waals surface area contributed by atoms with Gasteiger partial charge in [0.15, 0.2) is 6.61 Å². The number of carbonyl (C=O) groups is 3. The van der Waals surface area contributed by atoms with Crippen LogP contribution in [0.15, 0.2) is 79.0 Å². The average molecular weight is 544 g/mol. The number of esters is 1. The maximum Gasteiger partial charge on any atom is 0.308 e. The molecule has 0 saturated heterocycles. The standard InChI is InChI=1S/C31H33N3O6/c1-21(35)34(18-23-8-4-7-11-30(23)38-3)19-25(16-24-17-32-29-10-6-5-9-28(24)29)33-31(37)20-39-26-12-14-27(15-13-26)40-22(2)36/h4-15,17,25,32H,16,18-20H2,1-3H3,(H,33,37). The van der Waals surface area contributed by atoms with E-state index in [-0.39, 0.29) is 31.0 Å². The van der Waals surface area contributed by atoms with Crippen molar-refractivity contribution in [1.29, 1.82) is 0 Å². The van der Waals surface area contributed by atoms with Crippen molar-refractivity contribution >= 4 is 28.7 Å². The molecule has 2 N–H and O–H groups in total. The van der Waals surface area contributed by atoms with Gasteiger partial charge < -0.3 is 29.4 Å². The molecule has 3 aromatic carbocycles. The summed E-state index contributed by atoms with van der Waals surface area (Å²) in [6, 6.07) is 21.6. The summed E-state index contributed by atoms with van der Waals surface area (Å²) < 4.78 is 16.2. The number of para-hydroxylation sites is 2. The number of amides is 2. The van der Waals surface area contributed by atoms with Crippen molar-refractivity contribution in [3.8, 4) is 17.2 Å². The van der Waals surface area contributed by atoms with E-state index in [2.05, 4.69) is 10.3 Å². The van der Waals surface area contributed by atoms with Crippen LogP contribution in [0.4, 0.5) is 0 Å². The third-order valence-electron chi connectivity index (χ3n) is 6.40. The van der Waals surface area contributed by atoms with Crippen LogP contribution in [-0.4, -0.2) is 54.0 Å². The van der Waals surface area contributed by atoms with Crippen LogP contribution in [0.5, 0.6) is 17.2 Å². The molecule has 0 aliphatic rings. The third-order valence-corrected chi connectivity index (χ3v) is 6.40. The van der Waals surface area contributed by atoms with Gasteiger partial charge in [0.2, 0.25) is 5.91 Å². The molecule has 4 aromatic rings. The van der Waals surface area contributed by atoms with E-state index in [1.165, 1.54) is 13.8 Å². The lowest BCUT2D eigenvalue weighted by molar-refractivity contribution is -0.132. The quantitative estimate of drug-likeness (QED) is 0.204. The van der Waals surface area contributed by atoms with Gasteiger partial charge in [0.25, 0.3) is 5.91 Å². The number of hydrogen-bond acceptors (Lipinski definition) is 6. The topological polar surface area (TPSA) is 110 Å². The molecule has 1 aromatic heterocycles. The molecule has 208 valence electrons. The van der Waals surface area contributed by atoms with Gasteiger partial charge in [0.1, 0.15) is 17.2 Å². The average Bonchev–Trinajstić information content (AvgIpc) is 3.34. The van der Waals surface area contributed by atoms with Gasteiger partial charge >= 0.3 is 5.97 Å². The second-order valence-corrected chi connectivity index (χ2v) is 9.39. The second kappa shape index (κ2) is 13.3. The highest BCUT2D eigenvalue weighted by Crippen LogP contribution is 2.22. The lowest BCUT2D eigenvalue weighted by atomic mass is 10.0. The molecule has 1 heterocycles. The molecule has 1 unspecified atom stereocenters. The minimum Gasteiger partial charge on any atom is -0.496 e. The summed E-state index contributed by atoms with van der Waals surface area (Å²) in [5, 5.41) is 4.12. The molecule has 0 fully saturated rings. The predicted molar refractivity (Wildman–Crippen MR) is 151 cm³/mol. The summed E-state index contributed by atoms with van der Waals surface area (Å²) in [6.07, 6.45) is 2.44. The Balaban J connectivity index is 1.48. The van der Waals surface area contributed by atoms with Crippen molar-refractivity contribution in [2.75, 3.05) is 20.3 Å². The van der Waals surface area contributed by atoms with E-state index < -0.39 is 5.97 Å². The van der Waals surface area contributed by atoms with E-state index in [0.29, 0.717) is 30.2 Å². The summed E-state index contributed by atoms with van der Waals surface area (Å²) in [5.41, 5.74) is 2.90. The van der Waals surface area contributed by atoms with E-state index in [4.69, 9.17) is 14.2 Å². The number of ether oxygens (including phenoxy) is 3.